The van der Waals surface area contributed by atoms with Gasteiger partial charge in [0.25, 0.3) is 5.56 Å². The number of nitrogens with zero attached hydrogens (tertiary/aromatic N) is 4. The molecule has 0 bridgehead atoms. The summed E-state index contributed by atoms with van der Waals surface area (Å²) < 4.78 is 7.15. The summed E-state index contributed by atoms with van der Waals surface area (Å²) in [7, 11) is 0. The van der Waals surface area contributed by atoms with Crippen LogP contribution in [0.2, 0.25) is 0 Å². The third kappa shape index (κ3) is 4.21. The fraction of sp³-hybridized carbons (Fsp3) is 0.591. The Kier molecular flexibility index (Phi) is 5.69. The van der Waals surface area contributed by atoms with Crippen molar-refractivity contribution in [3.63, 3.8) is 0 Å². The zero-order valence-corrected chi connectivity index (χ0v) is 17.5. The van der Waals surface area contributed by atoms with Crippen LogP contribution in [0.1, 0.15) is 32.4 Å². The van der Waals surface area contributed by atoms with Gasteiger partial charge < -0.3 is 9.64 Å². The summed E-state index contributed by atoms with van der Waals surface area (Å²) in [5.41, 5.74) is 0.563. The van der Waals surface area contributed by atoms with Gasteiger partial charge in [0.2, 0.25) is 5.91 Å². The summed E-state index contributed by atoms with van der Waals surface area (Å²) in [6.45, 7) is 9.48. The zero-order valence-electron chi connectivity index (χ0n) is 17.5. The van der Waals surface area contributed by atoms with Crippen molar-refractivity contribution < 1.29 is 9.53 Å². The minimum absolute atomic E-state index is 0.00305. The van der Waals surface area contributed by atoms with Crippen LogP contribution in [0, 0.1) is 6.92 Å². The van der Waals surface area contributed by atoms with Crippen LogP contribution in [-0.4, -0.2) is 69.9 Å². The number of fused-ring (bicyclic) bond motifs is 1. The molecule has 7 heteroatoms. The van der Waals surface area contributed by atoms with Crippen LogP contribution >= 0.6 is 0 Å². The number of amides is 1. The molecule has 2 saturated heterocycles. The highest BCUT2D eigenvalue weighted by atomic mass is 16.5. The first kappa shape index (κ1) is 20.0. The lowest BCUT2D eigenvalue weighted by Gasteiger charge is -2.38. The van der Waals surface area contributed by atoms with Gasteiger partial charge in [0.05, 0.1) is 23.3 Å². The highest BCUT2D eigenvalue weighted by Crippen LogP contribution is 2.21. The first-order chi connectivity index (χ1) is 13.9. The number of hydrogen-bond donors (Lipinski definition) is 0. The van der Waals surface area contributed by atoms with Crippen LogP contribution in [0.3, 0.4) is 0 Å². The second-order valence-electron chi connectivity index (χ2n) is 8.45. The molecule has 1 amide bonds. The molecule has 2 fully saturated rings. The minimum atomic E-state index is -0.203. The average Bonchev–Trinajstić information content (AvgIpc) is 3.13. The molecule has 1 aromatic carbocycles. The van der Waals surface area contributed by atoms with Crippen LogP contribution in [-0.2, 0) is 16.1 Å². The van der Waals surface area contributed by atoms with Gasteiger partial charge in [-0.15, -0.1) is 0 Å². The smallest absolute Gasteiger partial charge is 0.275 e. The number of morpholine rings is 1. The van der Waals surface area contributed by atoms with Gasteiger partial charge in [-0.25, -0.2) is 4.68 Å². The predicted molar refractivity (Wildman–Crippen MR) is 112 cm³/mol. The van der Waals surface area contributed by atoms with Gasteiger partial charge in [0, 0.05) is 37.6 Å². The number of hydrogen-bond acceptors (Lipinski definition) is 5. The molecule has 3 heterocycles. The van der Waals surface area contributed by atoms with Gasteiger partial charge in [-0.1, -0.05) is 18.2 Å². The Labute approximate surface area is 171 Å². The SMILES string of the molecule is Cc1nn(CC(=O)N2CCC[C@H]2CN2C[C@@H](C)O[C@@H](C)C2)c(=O)c2ccccc12. The fourth-order valence-corrected chi connectivity index (χ4v) is 4.82. The van der Waals surface area contributed by atoms with E-state index in [1.807, 2.05) is 30.0 Å². The van der Waals surface area contributed by atoms with E-state index in [1.165, 1.54) is 4.68 Å². The monoisotopic (exact) mass is 398 g/mol. The van der Waals surface area contributed by atoms with Crippen molar-refractivity contribution in [2.75, 3.05) is 26.2 Å². The third-order valence-electron chi connectivity index (χ3n) is 6.00. The van der Waals surface area contributed by atoms with E-state index in [0.717, 1.165) is 50.1 Å². The Balaban J connectivity index is 1.48. The molecule has 0 aliphatic carbocycles. The summed E-state index contributed by atoms with van der Waals surface area (Å²) in [5, 5.41) is 5.86. The quantitative estimate of drug-likeness (QED) is 0.786. The molecule has 156 valence electrons. The first-order valence-corrected chi connectivity index (χ1v) is 10.6. The van der Waals surface area contributed by atoms with E-state index >= 15 is 0 Å². The molecule has 0 spiro atoms. The highest BCUT2D eigenvalue weighted by Gasteiger charge is 2.32. The van der Waals surface area contributed by atoms with Crippen molar-refractivity contribution in [3.05, 3.63) is 40.3 Å². The van der Waals surface area contributed by atoms with Crippen molar-refractivity contribution >= 4 is 16.7 Å². The molecule has 0 saturated carbocycles. The van der Waals surface area contributed by atoms with E-state index in [-0.39, 0.29) is 36.3 Å². The zero-order chi connectivity index (χ0) is 20.5. The Morgan fingerprint density at radius 3 is 2.59 bits per heavy atom. The van der Waals surface area contributed by atoms with Gasteiger partial charge in [0.15, 0.2) is 0 Å². The lowest BCUT2D eigenvalue weighted by Crippen LogP contribution is -2.51. The number of aromatic nitrogens is 2. The number of rotatable bonds is 4. The Morgan fingerprint density at radius 2 is 1.86 bits per heavy atom. The van der Waals surface area contributed by atoms with E-state index in [1.54, 1.807) is 6.07 Å². The summed E-state index contributed by atoms with van der Waals surface area (Å²) in [4.78, 5) is 30.2. The summed E-state index contributed by atoms with van der Waals surface area (Å²) in [6, 6.07) is 7.63. The van der Waals surface area contributed by atoms with E-state index in [4.69, 9.17) is 4.74 Å². The van der Waals surface area contributed by atoms with Gasteiger partial charge in [-0.3, -0.25) is 14.5 Å². The van der Waals surface area contributed by atoms with Gasteiger partial charge in [-0.2, -0.15) is 5.10 Å². The molecule has 4 rings (SSSR count). The van der Waals surface area contributed by atoms with Crippen LogP contribution in [0.25, 0.3) is 10.8 Å². The molecule has 2 aromatic rings. The molecular formula is C22H30N4O3. The topological polar surface area (TPSA) is 67.7 Å². The maximum absolute atomic E-state index is 13.1. The van der Waals surface area contributed by atoms with Crippen molar-refractivity contribution in [2.24, 2.45) is 0 Å². The maximum atomic E-state index is 13.1. The molecule has 0 unspecified atom stereocenters. The number of carbonyl (C=O) groups is 1. The Morgan fingerprint density at radius 1 is 1.17 bits per heavy atom. The lowest BCUT2D eigenvalue weighted by atomic mass is 10.1. The van der Waals surface area contributed by atoms with Crippen molar-refractivity contribution in [1.82, 2.24) is 19.6 Å². The summed E-state index contributed by atoms with van der Waals surface area (Å²) in [6.07, 6.45) is 2.44. The van der Waals surface area contributed by atoms with E-state index in [0.29, 0.717) is 5.39 Å². The molecule has 1 aromatic heterocycles. The predicted octanol–water partition coefficient (Wildman–Crippen LogP) is 1.81. The molecule has 3 atom stereocenters. The molecule has 29 heavy (non-hydrogen) atoms. The number of likely N-dealkylation sites (tertiary alicyclic amines) is 1. The maximum Gasteiger partial charge on any atom is 0.275 e. The van der Waals surface area contributed by atoms with Crippen molar-refractivity contribution in [2.45, 2.75) is 58.4 Å². The van der Waals surface area contributed by atoms with Gasteiger partial charge in [0.1, 0.15) is 6.54 Å². The highest BCUT2D eigenvalue weighted by molar-refractivity contribution is 5.83. The molecule has 7 nitrogen and oxygen atoms in total. The largest absolute Gasteiger partial charge is 0.373 e. The Bertz CT molecular complexity index is 947. The van der Waals surface area contributed by atoms with Crippen LogP contribution in [0.5, 0.6) is 0 Å². The van der Waals surface area contributed by atoms with Crippen LogP contribution in [0.4, 0.5) is 0 Å². The average molecular weight is 399 g/mol. The second-order valence-corrected chi connectivity index (χ2v) is 8.45. The molecule has 0 N–H and O–H groups in total. The normalized spacial score (nSPS) is 25.6. The lowest BCUT2D eigenvalue weighted by molar-refractivity contribution is -0.133. The third-order valence-corrected chi connectivity index (χ3v) is 6.00. The van der Waals surface area contributed by atoms with Crippen LogP contribution < -0.4 is 5.56 Å². The molecule has 2 aliphatic rings. The standard InChI is InChI=1S/C22H30N4O3/c1-15-11-24(12-16(2)29-15)13-18-7-6-10-25(18)21(27)14-26-22(28)20-9-5-4-8-19(20)17(3)23-26/h4-5,8-9,15-16,18H,6-7,10-14H2,1-3H3/t15-,16+,18-/m0/s1. The fourth-order valence-electron chi connectivity index (χ4n) is 4.82. The Hall–Kier alpha value is -2.25. The second kappa shape index (κ2) is 8.24. The van der Waals surface area contributed by atoms with Gasteiger partial charge >= 0.3 is 0 Å². The minimum Gasteiger partial charge on any atom is -0.373 e. The van der Waals surface area contributed by atoms with E-state index in [2.05, 4.69) is 23.8 Å². The van der Waals surface area contributed by atoms with Crippen molar-refractivity contribution in [1.29, 1.82) is 0 Å². The number of aryl methyl sites for hydroxylation is 1. The van der Waals surface area contributed by atoms with Crippen LogP contribution in [0.15, 0.2) is 29.1 Å². The van der Waals surface area contributed by atoms with Gasteiger partial charge in [-0.05, 0) is 39.7 Å². The van der Waals surface area contributed by atoms with Crippen molar-refractivity contribution in [3.8, 4) is 0 Å². The first-order valence-electron chi connectivity index (χ1n) is 10.6. The molecule has 0 radical (unpaired) electrons. The number of carbonyl (C=O) groups excluding carboxylic acids is 1. The van der Waals surface area contributed by atoms with E-state index in [9.17, 15) is 9.59 Å². The summed E-state index contributed by atoms with van der Waals surface area (Å²) >= 11 is 0. The molecule has 2 aliphatic heterocycles. The van der Waals surface area contributed by atoms with E-state index < -0.39 is 0 Å². The number of benzene rings is 1. The molecular weight excluding hydrogens is 368 g/mol. The summed E-state index contributed by atoms with van der Waals surface area (Å²) in [5.74, 6) is -0.0221. The number of ether oxygens (including phenoxy) is 1.